The molecule has 1 aromatic heterocycles. The fraction of sp³-hybridized carbons (Fsp3) is 0.222. The quantitative estimate of drug-likeness (QED) is 0.663. The van der Waals surface area contributed by atoms with E-state index in [1.54, 1.807) is 6.07 Å². The lowest BCUT2D eigenvalue weighted by Gasteiger charge is -2.26. The van der Waals surface area contributed by atoms with Crippen molar-refractivity contribution in [2.75, 3.05) is 26.3 Å². The van der Waals surface area contributed by atoms with Crippen LogP contribution in [0, 0.1) is 0 Å². The van der Waals surface area contributed by atoms with Crippen LogP contribution >= 0.6 is 11.6 Å². The fourth-order valence-electron chi connectivity index (χ4n) is 2.81. The monoisotopic (exact) mass is 405 g/mol. The molecular formula is C18H16ClN3O4S. The van der Waals surface area contributed by atoms with Crippen LogP contribution in [0.15, 0.2) is 57.9 Å². The molecule has 0 radical (unpaired) electrons. The molecule has 9 heteroatoms. The van der Waals surface area contributed by atoms with Gasteiger partial charge in [-0.2, -0.15) is 9.29 Å². The molecule has 7 nitrogen and oxygen atoms in total. The number of hydrogen-bond donors (Lipinski definition) is 0. The lowest BCUT2D eigenvalue weighted by atomic mass is 10.2. The number of aromatic nitrogens is 2. The molecular weight excluding hydrogens is 390 g/mol. The standard InChI is InChI=1S/C18H16ClN3O4S/c19-15-7-6-14(12-16(15)27(23,24)22-8-10-25-11-9-22)18-20-17(21-26-18)13-4-2-1-3-5-13/h1-7,12H,8-11H2. The van der Waals surface area contributed by atoms with Crippen molar-refractivity contribution < 1.29 is 17.7 Å². The van der Waals surface area contributed by atoms with E-state index in [-0.39, 0.29) is 15.8 Å². The molecule has 0 N–H and O–H groups in total. The van der Waals surface area contributed by atoms with Gasteiger partial charge >= 0.3 is 0 Å². The van der Waals surface area contributed by atoms with E-state index < -0.39 is 10.0 Å². The van der Waals surface area contributed by atoms with Gasteiger partial charge in [-0.3, -0.25) is 0 Å². The zero-order valence-electron chi connectivity index (χ0n) is 14.2. The third-order valence-corrected chi connectivity index (χ3v) is 6.60. The summed E-state index contributed by atoms with van der Waals surface area (Å²) in [5, 5.41) is 4.12. The van der Waals surface area contributed by atoms with Crippen molar-refractivity contribution in [2.24, 2.45) is 0 Å². The van der Waals surface area contributed by atoms with Crippen molar-refractivity contribution in [3.63, 3.8) is 0 Å². The summed E-state index contributed by atoms with van der Waals surface area (Å²) in [4.78, 5) is 4.38. The number of sulfonamides is 1. The van der Waals surface area contributed by atoms with Gasteiger partial charge in [0, 0.05) is 24.2 Å². The highest BCUT2D eigenvalue weighted by atomic mass is 35.5. The van der Waals surface area contributed by atoms with Gasteiger partial charge in [0.25, 0.3) is 5.89 Å². The molecule has 0 bridgehead atoms. The first kappa shape index (κ1) is 18.1. The third-order valence-electron chi connectivity index (χ3n) is 4.22. The number of hydrogen-bond acceptors (Lipinski definition) is 6. The maximum Gasteiger partial charge on any atom is 0.258 e. The first-order valence-electron chi connectivity index (χ1n) is 8.33. The molecule has 3 aromatic rings. The van der Waals surface area contributed by atoms with Crippen LogP contribution in [0.1, 0.15) is 0 Å². The van der Waals surface area contributed by atoms with Crippen LogP contribution in [0.4, 0.5) is 0 Å². The fourth-order valence-corrected chi connectivity index (χ4v) is 4.71. The molecule has 2 aromatic carbocycles. The van der Waals surface area contributed by atoms with E-state index in [1.165, 1.54) is 16.4 Å². The molecule has 140 valence electrons. The lowest BCUT2D eigenvalue weighted by Crippen LogP contribution is -2.40. The van der Waals surface area contributed by atoms with Gasteiger partial charge in [-0.1, -0.05) is 47.1 Å². The molecule has 2 heterocycles. The summed E-state index contributed by atoms with van der Waals surface area (Å²) in [6.45, 7) is 1.31. The van der Waals surface area contributed by atoms with Crippen LogP contribution in [0.2, 0.25) is 5.02 Å². The zero-order valence-corrected chi connectivity index (χ0v) is 15.8. The summed E-state index contributed by atoms with van der Waals surface area (Å²) in [6, 6.07) is 14.0. The zero-order chi connectivity index (χ0) is 18.9. The Bertz CT molecular complexity index is 1050. The molecule has 0 saturated carbocycles. The van der Waals surface area contributed by atoms with Gasteiger partial charge in [0.1, 0.15) is 4.90 Å². The van der Waals surface area contributed by atoms with Crippen molar-refractivity contribution in [3.05, 3.63) is 53.6 Å². The first-order valence-corrected chi connectivity index (χ1v) is 10.1. The molecule has 0 spiro atoms. The highest BCUT2D eigenvalue weighted by Crippen LogP contribution is 2.30. The Morgan fingerprint density at radius 1 is 1.00 bits per heavy atom. The Kier molecular flexibility index (Phi) is 4.96. The molecule has 0 atom stereocenters. The van der Waals surface area contributed by atoms with Gasteiger partial charge in [-0.15, -0.1) is 0 Å². The second-order valence-corrected chi connectivity index (χ2v) is 8.26. The molecule has 1 aliphatic heterocycles. The van der Waals surface area contributed by atoms with E-state index in [2.05, 4.69) is 10.1 Å². The predicted octanol–water partition coefficient (Wildman–Crippen LogP) is 3.08. The van der Waals surface area contributed by atoms with Crippen molar-refractivity contribution in [3.8, 4) is 22.8 Å². The molecule has 1 saturated heterocycles. The van der Waals surface area contributed by atoms with Crippen molar-refractivity contribution in [1.29, 1.82) is 0 Å². The Morgan fingerprint density at radius 3 is 2.48 bits per heavy atom. The molecule has 0 aliphatic carbocycles. The molecule has 0 unspecified atom stereocenters. The Labute approximate surface area is 161 Å². The summed E-state index contributed by atoms with van der Waals surface area (Å²) < 4.78 is 37.8. The van der Waals surface area contributed by atoms with Gasteiger partial charge in [0.05, 0.1) is 18.2 Å². The Balaban J connectivity index is 1.70. The highest BCUT2D eigenvalue weighted by Gasteiger charge is 2.29. The normalized spacial score (nSPS) is 15.7. The van der Waals surface area contributed by atoms with Gasteiger partial charge in [-0.05, 0) is 18.2 Å². The molecule has 1 aliphatic rings. The minimum Gasteiger partial charge on any atom is -0.379 e. The average molecular weight is 406 g/mol. The molecule has 0 amide bonds. The number of nitrogens with zero attached hydrogens (tertiary/aromatic N) is 3. The highest BCUT2D eigenvalue weighted by molar-refractivity contribution is 7.89. The number of ether oxygens (including phenoxy) is 1. The van der Waals surface area contributed by atoms with Crippen molar-refractivity contribution >= 4 is 21.6 Å². The Hall–Kier alpha value is -2.26. The van der Waals surface area contributed by atoms with Crippen molar-refractivity contribution in [1.82, 2.24) is 14.4 Å². The van der Waals surface area contributed by atoms with Crippen molar-refractivity contribution in [2.45, 2.75) is 4.90 Å². The van der Waals surface area contributed by atoms with Crippen LogP contribution in [0.25, 0.3) is 22.8 Å². The van der Waals surface area contributed by atoms with Gasteiger partial charge in [0.15, 0.2) is 0 Å². The topological polar surface area (TPSA) is 85.5 Å². The molecule has 1 fully saturated rings. The lowest BCUT2D eigenvalue weighted by molar-refractivity contribution is 0.0730. The summed E-state index contributed by atoms with van der Waals surface area (Å²) in [6.07, 6.45) is 0. The van der Waals surface area contributed by atoms with Crippen LogP contribution in [0.5, 0.6) is 0 Å². The Morgan fingerprint density at radius 2 is 1.74 bits per heavy atom. The van der Waals surface area contributed by atoms with E-state index in [0.717, 1.165) is 5.56 Å². The van der Waals surface area contributed by atoms with Crippen LogP contribution in [0.3, 0.4) is 0 Å². The second-order valence-electron chi connectivity index (χ2n) is 5.95. The SMILES string of the molecule is O=S(=O)(c1cc(-c2nc(-c3ccccc3)no2)ccc1Cl)N1CCOCC1. The van der Waals surface area contributed by atoms with Gasteiger partial charge in [0.2, 0.25) is 15.8 Å². The number of benzene rings is 2. The van der Waals surface area contributed by atoms with E-state index in [1.807, 2.05) is 30.3 Å². The van der Waals surface area contributed by atoms with Gasteiger partial charge < -0.3 is 9.26 Å². The smallest absolute Gasteiger partial charge is 0.258 e. The second kappa shape index (κ2) is 7.40. The summed E-state index contributed by atoms with van der Waals surface area (Å²) in [5.41, 5.74) is 1.29. The number of morpholine rings is 1. The first-order chi connectivity index (χ1) is 13.1. The number of rotatable bonds is 4. The molecule has 4 rings (SSSR count). The molecule has 27 heavy (non-hydrogen) atoms. The minimum absolute atomic E-state index is 0.0167. The van der Waals surface area contributed by atoms with Gasteiger partial charge in [-0.25, -0.2) is 8.42 Å². The maximum atomic E-state index is 12.9. The van der Waals surface area contributed by atoms with Crippen LogP contribution < -0.4 is 0 Å². The average Bonchev–Trinajstić information content (AvgIpc) is 3.20. The number of halogens is 1. The summed E-state index contributed by atoms with van der Waals surface area (Å²) in [7, 11) is -3.74. The maximum absolute atomic E-state index is 12.9. The van der Waals surface area contributed by atoms with E-state index in [4.69, 9.17) is 20.9 Å². The summed E-state index contributed by atoms with van der Waals surface area (Å²) in [5.74, 6) is 0.655. The van der Waals surface area contributed by atoms with E-state index >= 15 is 0 Å². The van der Waals surface area contributed by atoms with Crippen LogP contribution in [-0.2, 0) is 14.8 Å². The third kappa shape index (κ3) is 3.61. The minimum atomic E-state index is -3.74. The van der Waals surface area contributed by atoms with Crippen LogP contribution in [-0.4, -0.2) is 49.2 Å². The largest absolute Gasteiger partial charge is 0.379 e. The predicted molar refractivity (Wildman–Crippen MR) is 99.8 cm³/mol. The van der Waals surface area contributed by atoms with E-state index in [9.17, 15) is 8.42 Å². The van der Waals surface area contributed by atoms with E-state index in [0.29, 0.717) is 37.7 Å². The summed E-state index contributed by atoms with van der Waals surface area (Å²) >= 11 is 6.18.